The minimum absolute atomic E-state index is 0.0647. The fourth-order valence-corrected chi connectivity index (χ4v) is 3.34. The zero-order chi connectivity index (χ0) is 22.0. The van der Waals surface area contributed by atoms with E-state index in [2.05, 4.69) is 5.32 Å². The second kappa shape index (κ2) is 8.31. The summed E-state index contributed by atoms with van der Waals surface area (Å²) >= 11 is 0. The second-order valence-corrected chi connectivity index (χ2v) is 6.73. The number of furan rings is 1. The maximum atomic E-state index is 12.7. The summed E-state index contributed by atoms with van der Waals surface area (Å²) in [6.45, 7) is 3.44. The Morgan fingerprint density at radius 1 is 1.23 bits per heavy atom. The molecule has 2 heterocycles. The summed E-state index contributed by atoms with van der Waals surface area (Å²) in [4.78, 5) is 50.5. The highest BCUT2D eigenvalue weighted by molar-refractivity contribution is 6.22. The van der Waals surface area contributed by atoms with E-state index in [0.29, 0.717) is 13.0 Å². The van der Waals surface area contributed by atoms with Crippen molar-refractivity contribution >= 4 is 29.4 Å². The van der Waals surface area contributed by atoms with E-state index < -0.39 is 17.7 Å². The van der Waals surface area contributed by atoms with Gasteiger partial charge in [0.05, 0.1) is 16.7 Å². The smallest absolute Gasteiger partial charge is 0.261 e. The number of imide groups is 1. The first kappa shape index (κ1) is 21.0. The first-order valence-corrected chi connectivity index (χ1v) is 9.15. The van der Waals surface area contributed by atoms with Crippen LogP contribution in [0.3, 0.4) is 0 Å². The van der Waals surface area contributed by atoms with Gasteiger partial charge in [-0.3, -0.25) is 29.4 Å². The lowest BCUT2D eigenvalue weighted by Crippen LogP contribution is -2.31. The van der Waals surface area contributed by atoms with Crippen LogP contribution in [-0.4, -0.2) is 48.7 Å². The van der Waals surface area contributed by atoms with E-state index in [1.54, 1.807) is 0 Å². The summed E-state index contributed by atoms with van der Waals surface area (Å²) < 4.78 is 10.3. The predicted molar refractivity (Wildman–Crippen MR) is 104 cm³/mol. The van der Waals surface area contributed by atoms with Gasteiger partial charge < -0.3 is 9.15 Å². The fraction of sp³-hybridized carbons (Fsp3) is 0.286. The zero-order valence-electron chi connectivity index (χ0n) is 16.7. The topological polar surface area (TPSA) is 130 Å². The number of nitrogens with zero attached hydrogens (tertiary/aromatic N) is 2. The third kappa shape index (κ3) is 3.60. The number of nitriles is 1. The number of fused-ring (bicyclic) bond motifs is 1. The number of ether oxygens (including phenoxy) is 1. The third-order valence-corrected chi connectivity index (χ3v) is 4.74. The van der Waals surface area contributed by atoms with Crippen LogP contribution in [0.15, 0.2) is 22.6 Å². The van der Waals surface area contributed by atoms with Crippen LogP contribution >= 0.6 is 0 Å². The molecule has 1 aliphatic rings. The molecule has 2 aromatic rings. The average molecular weight is 409 g/mol. The Bertz CT molecular complexity index is 1110. The summed E-state index contributed by atoms with van der Waals surface area (Å²) in [7, 11) is 1.53. The molecule has 9 nitrogen and oxygen atoms in total. The molecule has 1 aromatic heterocycles. The Kier molecular flexibility index (Phi) is 5.80. The van der Waals surface area contributed by atoms with E-state index in [4.69, 9.17) is 9.15 Å². The molecule has 154 valence electrons. The molecule has 0 saturated heterocycles. The molecular weight excluding hydrogens is 390 g/mol. The Balaban J connectivity index is 1.85. The van der Waals surface area contributed by atoms with E-state index in [1.807, 2.05) is 6.07 Å². The fourth-order valence-electron chi connectivity index (χ4n) is 3.34. The van der Waals surface area contributed by atoms with Gasteiger partial charge in [0.2, 0.25) is 5.88 Å². The van der Waals surface area contributed by atoms with E-state index in [-0.39, 0.29) is 51.8 Å². The molecule has 0 aliphatic carbocycles. The minimum atomic E-state index is -0.642. The van der Waals surface area contributed by atoms with Crippen molar-refractivity contribution < 1.29 is 28.3 Å². The van der Waals surface area contributed by atoms with Gasteiger partial charge in [-0.2, -0.15) is 5.26 Å². The largest absolute Gasteiger partial charge is 0.443 e. The molecule has 9 heteroatoms. The number of methoxy groups -OCH3 is 1. The number of carbonyl (C=O) groups is 4. The van der Waals surface area contributed by atoms with E-state index in [0.717, 1.165) is 4.90 Å². The van der Waals surface area contributed by atoms with Crippen molar-refractivity contribution in [2.75, 3.05) is 25.6 Å². The summed E-state index contributed by atoms with van der Waals surface area (Å²) in [6.07, 6.45) is 0.503. The minimum Gasteiger partial charge on any atom is -0.443 e. The summed E-state index contributed by atoms with van der Waals surface area (Å²) in [5, 5.41) is 11.8. The van der Waals surface area contributed by atoms with Gasteiger partial charge in [0, 0.05) is 25.8 Å². The molecule has 0 radical (unpaired) electrons. The number of carbonyl (C=O) groups excluding carboxylic acids is 4. The number of anilines is 1. The van der Waals surface area contributed by atoms with Crippen LogP contribution in [0.1, 0.15) is 66.1 Å². The Labute approximate surface area is 172 Å². The molecule has 1 aliphatic heterocycles. The van der Waals surface area contributed by atoms with E-state index in [9.17, 15) is 24.4 Å². The van der Waals surface area contributed by atoms with Crippen molar-refractivity contribution in [2.24, 2.45) is 0 Å². The summed E-state index contributed by atoms with van der Waals surface area (Å²) in [5.41, 5.74) is 0.500. The first-order chi connectivity index (χ1) is 14.3. The van der Waals surface area contributed by atoms with Crippen molar-refractivity contribution in [3.63, 3.8) is 0 Å². The number of hydrogen-bond acceptors (Lipinski definition) is 7. The number of ketones is 1. The lowest BCUT2D eigenvalue weighted by Gasteiger charge is -2.12. The molecule has 1 N–H and O–H groups in total. The Morgan fingerprint density at radius 3 is 2.57 bits per heavy atom. The monoisotopic (exact) mass is 409 g/mol. The molecule has 3 rings (SSSR count). The summed E-state index contributed by atoms with van der Waals surface area (Å²) in [5.74, 6) is -1.83. The Hall–Kier alpha value is -3.77. The highest BCUT2D eigenvalue weighted by atomic mass is 16.5. The van der Waals surface area contributed by atoms with Gasteiger partial charge in [-0.1, -0.05) is 0 Å². The molecule has 0 atom stereocenters. The number of aryl methyl sites for hydroxylation is 1. The molecule has 0 saturated carbocycles. The number of nitrogens with one attached hydrogen (secondary N) is 1. The molecule has 0 fully saturated rings. The van der Waals surface area contributed by atoms with Crippen LogP contribution in [0.4, 0.5) is 5.88 Å². The molecule has 0 unspecified atom stereocenters. The summed E-state index contributed by atoms with van der Waals surface area (Å²) in [6, 6.07) is 6.02. The molecule has 30 heavy (non-hydrogen) atoms. The van der Waals surface area contributed by atoms with Crippen LogP contribution in [-0.2, 0) is 4.74 Å². The zero-order valence-corrected chi connectivity index (χ0v) is 16.7. The number of amides is 3. The maximum Gasteiger partial charge on any atom is 0.261 e. The highest BCUT2D eigenvalue weighted by Gasteiger charge is 2.35. The van der Waals surface area contributed by atoms with Crippen LogP contribution in [0.25, 0.3) is 0 Å². The van der Waals surface area contributed by atoms with Crippen molar-refractivity contribution in [3.05, 3.63) is 51.8 Å². The van der Waals surface area contributed by atoms with E-state index in [1.165, 1.54) is 39.2 Å². The second-order valence-electron chi connectivity index (χ2n) is 6.73. The van der Waals surface area contributed by atoms with Crippen molar-refractivity contribution in [1.82, 2.24) is 4.90 Å². The molecule has 0 bridgehead atoms. The average Bonchev–Trinajstić information content (AvgIpc) is 3.16. The van der Waals surface area contributed by atoms with Gasteiger partial charge in [0.15, 0.2) is 5.78 Å². The van der Waals surface area contributed by atoms with Crippen molar-refractivity contribution in [1.29, 1.82) is 5.26 Å². The SMILES string of the molecule is COCCCN1C(=O)c2ccc(C(=O)Nc3oc(C)c(C(C)=O)c3C#N)cc2C1=O. The normalized spacial score (nSPS) is 12.7. The number of Topliss-reactive ketones (excluding diaryl/α,β-unsaturated/α-hetero) is 1. The third-order valence-electron chi connectivity index (χ3n) is 4.74. The van der Waals surface area contributed by atoms with Gasteiger partial charge in [-0.05, 0) is 38.5 Å². The number of benzene rings is 1. The van der Waals surface area contributed by atoms with E-state index >= 15 is 0 Å². The lowest BCUT2D eigenvalue weighted by atomic mass is 10.0. The first-order valence-electron chi connectivity index (χ1n) is 9.15. The number of hydrogen-bond donors (Lipinski definition) is 1. The standard InChI is InChI=1S/C21H19N3O6/c1-11(25)17-12(2)30-19(16(17)10-22)23-18(26)13-5-6-14-15(9-13)21(28)24(20(14)27)7-4-8-29-3/h5-6,9H,4,7-8H2,1-3H3,(H,23,26). The van der Waals surface area contributed by atoms with Gasteiger partial charge in [0.25, 0.3) is 17.7 Å². The van der Waals surface area contributed by atoms with Gasteiger partial charge in [-0.25, -0.2) is 0 Å². The van der Waals surface area contributed by atoms with Crippen molar-refractivity contribution in [3.8, 4) is 6.07 Å². The predicted octanol–water partition coefficient (Wildman–Crippen LogP) is 2.55. The van der Waals surface area contributed by atoms with Crippen molar-refractivity contribution in [2.45, 2.75) is 20.3 Å². The van der Waals surface area contributed by atoms with Gasteiger partial charge in [0.1, 0.15) is 17.4 Å². The highest BCUT2D eigenvalue weighted by Crippen LogP contribution is 2.28. The van der Waals surface area contributed by atoms with Crippen LogP contribution in [0, 0.1) is 18.3 Å². The van der Waals surface area contributed by atoms with Gasteiger partial charge in [-0.15, -0.1) is 0 Å². The molecule has 1 aromatic carbocycles. The quantitative estimate of drug-likeness (QED) is 0.422. The molecule has 3 amide bonds. The van der Waals surface area contributed by atoms with Crippen LogP contribution in [0.5, 0.6) is 0 Å². The van der Waals surface area contributed by atoms with Crippen LogP contribution in [0.2, 0.25) is 0 Å². The van der Waals surface area contributed by atoms with Gasteiger partial charge >= 0.3 is 0 Å². The molecular formula is C21H19N3O6. The number of rotatable bonds is 7. The Morgan fingerprint density at radius 2 is 1.93 bits per heavy atom. The lowest BCUT2D eigenvalue weighted by molar-refractivity contribution is 0.0638. The van der Waals surface area contributed by atoms with Crippen LogP contribution < -0.4 is 5.32 Å². The molecule has 0 spiro atoms. The maximum absolute atomic E-state index is 12.7.